The topological polar surface area (TPSA) is 60.7 Å². The predicted octanol–water partition coefficient (Wildman–Crippen LogP) is 4.31. The SMILES string of the molecule is C/C(=C\CO)CCC[C@H](C)CCC[C@H](C)C(O)CC(O)C(C)C. The van der Waals surface area contributed by atoms with Crippen LogP contribution in [0.2, 0.25) is 0 Å². The highest BCUT2D eigenvalue weighted by atomic mass is 16.3. The maximum absolute atomic E-state index is 10.2. The van der Waals surface area contributed by atoms with E-state index in [0.717, 1.165) is 19.3 Å². The van der Waals surface area contributed by atoms with Crippen LogP contribution in [0.3, 0.4) is 0 Å². The molecule has 0 spiro atoms. The van der Waals surface area contributed by atoms with Gasteiger partial charge in [0.15, 0.2) is 0 Å². The van der Waals surface area contributed by atoms with E-state index >= 15 is 0 Å². The molecular weight excluding hydrogens is 288 g/mol. The van der Waals surface area contributed by atoms with Gasteiger partial charge in [0.05, 0.1) is 18.8 Å². The first-order chi connectivity index (χ1) is 10.8. The van der Waals surface area contributed by atoms with Crippen molar-refractivity contribution in [3.63, 3.8) is 0 Å². The van der Waals surface area contributed by atoms with E-state index in [1.165, 1.54) is 24.8 Å². The molecule has 3 N–H and O–H groups in total. The number of allylic oxidation sites excluding steroid dienone is 1. The largest absolute Gasteiger partial charge is 0.393 e. The normalized spacial score (nSPS) is 18.0. The van der Waals surface area contributed by atoms with Crippen molar-refractivity contribution >= 4 is 0 Å². The minimum atomic E-state index is -0.401. The van der Waals surface area contributed by atoms with Gasteiger partial charge in [0.25, 0.3) is 0 Å². The summed E-state index contributed by atoms with van der Waals surface area (Å²) >= 11 is 0. The highest BCUT2D eigenvalue weighted by Crippen LogP contribution is 2.22. The molecule has 3 nitrogen and oxygen atoms in total. The standard InChI is InChI=1S/C20H40O3/c1-15(2)19(22)14-20(23)18(5)11-7-10-16(3)8-6-9-17(4)12-13-21/h12,15-16,18-23H,6-11,13-14H2,1-5H3/b17-12+/t16-,18-,19?,20?/m0/s1. The molecule has 0 fully saturated rings. The Morgan fingerprint density at radius 3 is 2.09 bits per heavy atom. The molecule has 0 heterocycles. The highest BCUT2D eigenvalue weighted by Gasteiger charge is 2.20. The maximum atomic E-state index is 10.2. The van der Waals surface area contributed by atoms with Crippen molar-refractivity contribution in [2.24, 2.45) is 17.8 Å². The molecule has 0 rings (SSSR count). The fraction of sp³-hybridized carbons (Fsp3) is 0.900. The van der Waals surface area contributed by atoms with Gasteiger partial charge in [-0.1, -0.05) is 58.6 Å². The molecule has 0 aromatic carbocycles. The number of rotatable bonds is 13. The lowest BCUT2D eigenvalue weighted by molar-refractivity contribution is 0.0260. The van der Waals surface area contributed by atoms with E-state index < -0.39 is 12.2 Å². The Morgan fingerprint density at radius 1 is 0.913 bits per heavy atom. The van der Waals surface area contributed by atoms with Crippen LogP contribution in [0.1, 0.15) is 79.6 Å². The van der Waals surface area contributed by atoms with Gasteiger partial charge in [-0.05, 0) is 50.4 Å². The number of hydrogen-bond acceptors (Lipinski definition) is 3. The highest BCUT2D eigenvalue weighted by molar-refractivity contribution is 4.97. The van der Waals surface area contributed by atoms with Crippen molar-refractivity contribution in [3.05, 3.63) is 11.6 Å². The predicted molar refractivity (Wildman–Crippen MR) is 98.3 cm³/mol. The molecular formula is C20H40O3. The number of hydrogen-bond donors (Lipinski definition) is 3. The van der Waals surface area contributed by atoms with E-state index in [9.17, 15) is 10.2 Å². The first-order valence-electron chi connectivity index (χ1n) is 9.40. The van der Waals surface area contributed by atoms with Crippen molar-refractivity contribution in [2.45, 2.75) is 91.8 Å². The van der Waals surface area contributed by atoms with Crippen LogP contribution >= 0.6 is 0 Å². The molecule has 2 unspecified atom stereocenters. The van der Waals surface area contributed by atoms with Crippen LogP contribution in [0.15, 0.2) is 11.6 Å². The van der Waals surface area contributed by atoms with Crippen molar-refractivity contribution in [2.75, 3.05) is 6.61 Å². The Hall–Kier alpha value is -0.380. The summed E-state index contributed by atoms with van der Waals surface area (Å²) in [4.78, 5) is 0. The molecule has 0 saturated carbocycles. The zero-order valence-electron chi connectivity index (χ0n) is 16.0. The molecule has 0 amide bonds. The van der Waals surface area contributed by atoms with E-state index in [1.807, 2.05) is 19.9 Å². The van der Waals surface area contributed by atoms with Gasteiger partial charge in [0.1, 0.15) is 0 Å². The zero-order chi connectivity index (χ0) is 17.8. The van der Waals surface area contributed by atoms with Crippen LogP contribution < -0.4 is 0 Å². The van der Waals surface area contributed by atoms with E-state index in [2.05, 4.69) is 20.8 Å². The molecule has 138 valence electrons. The molecule has 4 atom stereocenters. The summed E-state index contributed by atoms with van der Waals surface area (Å²) in [5.74, 6) is 1.17. The minimum Gasteiger partial charge on any atom is -0.393 e. The Morgan fingerprint density at radius 2 is 1.52 bits per heavy atom. The molecule has 0 bridgehead atoms. The van der Waals surface area contributed by atoms with Crippen LogP contribution in [0.4, 0.5) is 0 Å². The van der Waals surface area contributed by atoms with E-state index in [-0.39, 0.29) is 18.4 Å². The maximum Gasteiger partial charge on any atom is 0.0614 e. The average molecular weight is 329 g/mol. The second-order valence-corrected chi connectivity index (χ2v) is 7.75. The number of aliphatic hydroxyl groups excluding tert-OH is 3. The van der Waals surface area contributed by atoms with Gasteiger partial charge in [-0.25, -0.2) is 0 Å². The van der Waals surface area contributed by atoms with Crippen LogP contribution in [0.25, 0.3) is 0 Å². The first kappa shape index (κ1) is 22.6. The fourth-order valence-electron chi connectivity index (χ4n) is 2.86. The lowest BCUT2D eigenvalue weighted by atomic mass is 9.89. The zero-order valence-corrected chi connectivity index (χ0v) is 16.0. The molecule has 0 aliphatic rings. The van der Waals surface area contributed by atoms with Crippen LogP contribution in [-0.2, 0) is 0 Å². The number of aliphatic hydroxyl groups is 3. The van der Waals surface area contributed by atoms with Crippen molar-refractivity contribution in [3.8, 4) is 0 Å². The van der Waals surface area contributed by atoms with Gasteiger partial charge in [-0.2, -0.15) is 0 Å². The first-order valence-corrected chi connectivity index (χ1v) is 9.40. The van der Waals surface area contributed by atoms with Gasteiger partial charge in [0.2, 0.25) is 0 Å². The third-order valence-corrected chi connectivity index (χ3v) is 4.97. The van der Waals surface area contributed by atoms with Crippen LogP contribution in [-0.4, -0.2) is 34.1 Å². The molecule has 3 heteroatoms. The monoisotopic (exact) mass is 328 g/mol. The molecule has 0 radical (unpaired) electrons. The second-order valence-electron chi connectivity index (χ2n) is 7.75. The van der Waals surface area contributed by atoms with Crippen molar-refractivity contribution in [1.82, 2.24) is 0 Å². The molecule has 0 aliphatic carbocycles. The van der Waals surface area contributed by atoms with Gasteiger partial charge in [0, 0.05) is 0 Å². The second kappa shape index (κ2) is 13.0. The Bertz CT molecular complexity index is 312. The van der Waals surface area contributed by atoms with Crippen molar-refractivity contribution < 1.29 is 15.3 Å². The Kier molecular flexibility index (Phi) is 12.8. The summed E-state index contributed by atoms with van der Waals surface area (Å²) in [5, 5.41) is 28.9. The third-order valence-electron chi connectivity index (χ3n) is 4.97. The van der Waals surface area contributed by atoms with E-state index in [1.54, 1.807) is 0 Å². The Labute approximate surface area is 143 Å². The average Bonchev–Trinajstić information content (AvgIpc) is 2.47. The van der Waals surface area contributed by atoms with Gasteiger partial charge in [-0.15, -0.1) is 0 Å². The van der Waals surface area contributed by atoms with Crippen LogP contribution in [0.5, 0.6) is 0 Å². The quantitative estimate of drug-likeness (QED) is 0.442. The van der Waals surface area contributed by atoms with Crippen molar-refractivity contribution in [1.29, 1.82) is 0 Å². The summed E-state index contributed by atoms with van der Waals surface area (Å²) in [5.41, 5.74) is 1.28. The van der Waals surface area contributed by atoms with Gasteiger partial charge >= 0.3 is 0 Å². The summed E-state index contributed by atoms with van der Waals surface area (Å²) < 4.78 is 0. The summed E-state index contributed by atoms with van der Waals surface area (Å²) in [6.07, 6.45) is 8.43. The van der Waals surface area contributed by atoms with Gasteiger partial charge < -0.3 is 15.3 Å². The fourth-order valence-corrected chi connectivity index (χ4v) is 2.86. The van der Waals surface area contributed by atoms with E-state index in [4.69, 9.17) is 5.11 Å². The van der Waals surface area contributed by atoms with Crippen LogP contribution in [0, 0.1) is 17.8 Å². The third kappa shape index (κ3) is 11.7. The van der Waals surface area contributed by atoms with E-state index in [0.29, 0.717) is 12.3 Å². The summed E-state index contributed by atoms with van der Waals surface area (Å²) in [6.45, 7) is 10.6. The minimum absolute atomic E-state index is 0.146. The molecule has 0 aliphatic heterocycles. The van der Waals surface area contributed by atoms with Gasteiger partial charge in [-0.3, -0.25) is 0 Å². The summed E-state index contributed by atoms with van der Waals surface area (Å²) in [6, 6.07) is 0. The Balaban J connectivity index is 3.81. The molecule has 0 aromatic heterocycles. The molecule has 0 aromatic rings. The lowest BCUT2D eigenvalue weighted by Gasteiger charge is -2.23. The smallest absolute Gasteiger partial charge is 0.0614 e. The molecule has 0 saturated heterocycles. The summed E-state index contributed by atoms with van der Waals surface area (Å²) in [7, 11) is 0. The molecule has 23 heavy (non-hydrogen) atoms. The lowest BCUT2D eigenvalue weighted by Crippen LogP contribution is -2.27.